The van der Waals surface area contributed by atoms with Gasteiger partial charge in [0, 0.05) is 0 Å². The number of esters is 1. The molecule has 1 amide bonds. The van der Waals surface area contributed by atoms with Crippen molar-refractivity contribution < 1.29 is 32.0 Å². The van der Waals surface area contributed by atoms with Crippen LogP contribution < -0.4 is 5.84 Å². The summed E-state index contributed by atoms with van der Waals surface area (Å²) in [6.07, 6.45) is -2.86. The molecule has 0 aromatic heterocycles. The van der Waals surface area contributed by atoms with Crippen molar-refractivity contribution in [3.63, 3.8) is 0 Å². The molecule has 10 heteroatoms. The van der Waals surface area contributed by atoms with E-state index in [1.165, 1.54) is 0 Å². The fourth-order valence-corrected chi connectivity index (χ4v) is 1.09. The normalized spacial score (nSPS) is 21.0. The summed E-state index contributed by atoms with van der Waals surface area (Å²) in [6, 6.07) is 0. The summed E-state index contributed by atoms with van der Waals surface area (Å²) in [6.45, 7) is -0.221. The number of rotatable bonds is 2. The molecule has 86 valence electrons. The third-order valence-corrected chi connectivity index (χ3v) is 2.19. The molecule has 1 aliphatic heterocycles. The van der Waals surface area contributed by atoms with Crippen LogP contribution in [0.25, 0.3) is 0 Å². The molecule has 1 atom stereocenters. The van der Waals surface area contributed by atoms with Gasteiger partial charge >= 0.3 is 20.0 Å². The van der Waals surface area contributed by atoms with Crippen LogP contribution in [0.2, 0.25) is 0 Å². The van der Waals surface area contributed by atoms with Crippen LogP contribution in [-0.4, -0.2) is 29.6 Å². The lowest BCUT2D eigenvalue weighted by Gasteiger charge is -2.15. The Balaban J connectivity index is 2.49. The molecular formula is C5H7F2N2O5P. The van der Waals surface area contributed by atoms with Crippen LogP contribution in [0, 0.1) is 0 Å². The Morgan fingerprint density at radius 2 is 2.27 bits per heavy atom. The van der Waals surface area contributed by atoms with Gasteiger partial charge in [-0.3, -0.25) is 4.79 Å². The van der Waals surface area contributed by atoms with E-state index in [-0.39, 0.29) is 13.0 Å². The third kappa shape index (κ3) is 3.14. The highest BCUT2D eigenvalue weighted by Crippen LogP contribution is 2.51. The quantitative estimate of drug-likeness (QED) is 0.252. The minimum Gasteiger partial charge on any atom is -0.462 e. The molecule has 0 spiro atoms. The molecule has 1 rings (SSSR count). The summed E-state index contributed by atoms with van der Waals surface area (Å²) in [7, 11) is -5.87. The molecule has 0 aromatic rings. The van der Waals surface area contributed by atoms with Crippen LogP contribution in [0.3, 0.4) is 0 Å². The van der Waals surface area contributed by atoms with E-state index in [1.807, 2.05) is 0 Å². The van der Waals surface area contributed by atoms with Crippen molar-refractivity contribution in [3.05, 3.63) is 0 Å². The number of hydrogen-bond donors (Lipinski definition) is 1. The Morgan fingerprint density at radius 1 is 1.67 bits per heavy atom. The van der Waals surface area contributed by atoms with Crippen molar-refractivity contribution in [1.29, 1.82) is 0 Å². The summed E-state index contributed by atoms with van der Waals surface area (Å²) < 4.78 is 42.2. The van der Waals surface area contributed by atoms with Crippen LogP contribution in [0.5, 0.6) is 0 Å². The molecule has 1 fully saturated rings. The molecule has 0 aliphatic carbocycles. The highest BCUT2D eigenvalue weighted by atomic mass is 31.2. The number of carbonyl (C=O) groups excluding carboxylic acids is 2. The number of nitrogens with zero attached hydrogens (tertiary/aromatic N) is 1. The topological polar surface area (TPSA) is 98.9 Å². The third-order valence-electron chi connectivity index (χ3n) is 1.53. The van der Waals surface area contributed by atoms with E-state index in [2.05, 4.69) is 15.3 Å². The standard InChI is InChI=1S/C5H7F2N2O5P/c6-15(7,12)9(8)5(11)14-3-1-4(10)13-2-3/h3H,1-2,8H2. The SMILES string of the molecule is NN(C(=O)OC1COC(=O)C1)P(=O)(F)F. The molecule has 7 nitrogen and oxygen atoms in total. The number of carbonyl (C=O) groups is 2. The van der Waals surface area contributed by atoms with Crippen molar-refractivity contribution in [2.75, 3.05) is 6.61 Å². The monoisotopic (exact) mass is 244 g/mol. The predicted octanol–water partition coefficient (Wildman–Crippen LogP) is 0.661. The van der Waals surface area contributed by atoms with Crippen LogP contribution in [0.1, 0.15) is 6.42 Å². The van der Waals surface area contributed by atoms with Crippen LogP contribution >= 0.6 is 7.91 Å². The Morgan fingerprint density at radius 3 is 2.67 bits per heavy atom. The van der Waals surface area contributed by atoms with E-state index in [4.69, 9.17) is 0 Å². The fourth-order valence-electron chi connectivity index (χ4n) is 0.857. The zero-order chi connectivity index (χ0) is 11.6. The van der Waals surface area contributed by atoms with Crippen LogP contribution in [0.15, 0.2) is 0 Å². The Kier molecular flexibility index (Phi) is 3.25. The van der Waals surface area contributed by atoms with Crippen molar-refractivity contribution in [2.45, 2.75) is 12.5 Å². The lowest BCUT2D eigenvalue weighted by Crippen LogP contribution is -2.35. The van der Waals surface area contributed by atoms with E-state index in [0.717, 1.165) is 0 Å². The molecule has 0 radical (unpaired) electrons. The van der Waals surface area contributed by atoms with Crippen LogP contribution in [0.4, 0.5) is 13.2 Å². The number of amides is 1. The molecule has 1 heterocycles. The van der Waals surface area contributed by atoms with Gasteiger partial charge in [0.25, 0.3) is 0 Å². The first-order chi connectivity index (χ1) is 6.80. The molecule has 1 saturated heterocycles. The predicted molar refractivity (Wildman–Crippen MR) is 41.7 cm³/mol. The summed E-state index contributed by atoms with van der Waals surface area (Å²) >= 11 is 0. The zero-order valence-corrected chi connectivity index (χ0v) is 8.15. The summed E-state index contributed by atoms with van der Waals surface area (Å²) in [5.74, 6) is 3.92. The average Bonchev–Trinajstić information content (AvgIpc) is 2.48. The molecule has 15 heavy (non-hydrogen) atoms. The van der Waals surface area contributed by atoms with Gasteiger partial charge in [0.05, 0.1) is 6.42 Å². The Labute approximate surface area is 82.7 Å². The number of hydrazine groups is 1. The Bertz CT molecular complexity index is 331. The van der Waals surface area contributed by atoms with Gasteiger partial charge < -0.3 is 9.47 Å². The summed E-state index contributed by atoms with van der Waals surface area (Å²) in [4.78, 5) is 21.4. The number of nitrogens with two attached hydrogens (primary N) is 1. The maximum atomic E-state index is 12.1. The average molecular weight is 244 g/mol. The van der Waals surface area contributed by atoms with Gasteiger partial charge in [-0.05, 0) is 0 Å². The van der Waals surface area contributed by atoms with Gasteiger partial charge in [0.2, 0.25) is 0 Å². The first kappa shape index (κ1) is 11.9. The smallest absolute Gasteiger partial charge is 0.462 e. The van der Waals surface area contributed by atoms with Crippen molar-refractivity contribution in [1.82, 2.24) is 4.78 Å². The molecule has 1 aliphatic rings. The van der Waals surface area contributed by atoms with Crippen molar-refractivity contribution in [2.24, 2.45) is 5.84 Å². The second kappa shape index (κ2) is 4.11. The van der Waals surface area contributed by atoms with E-state index in [9.17, 15) is 22.5 Å². The second-order valence-corrected chi connectivity index (χ2v) is 3.97. The lowest BCUT2D eigenvalue weighted by atomic mass is 10.3. The molecule has 0 aromatic carbocycles. The van der Waals surface area contributed by atoms with Gasteiger partial charge in [0.15, 0.2) is 0 Å². The number of hydrogen-bond acceptors (Lipinski definition) is 6. The minimum absolute atomic E-state index is 0.221. The van der Waals surface area contributed by atoms with Gasteiger partial charge in [-0.25, -0.2) is 15.2 Å². The van der Waals surface area contributed by atoms with Crippen LogP contribution in [-0.2, 0) is 18.8 Å². The molecule has 0 bridgehead atoms. The molecule has 1 unspecified atom stereocenters. The highest BCUT2D eigenvalue weighted by Gasteiger charge is 2.37. The summed E-state index contributed by atoms with van der Waals surface area (Å²) in [5, 5.41) is 0. The highest BCUT2D eigenvalue weighted by molar-refractivity contribution is 7.51. The first-order valence-corrected chi connectivity index (χ1v) is 5.15. The molecule has 2 N–H and O–H groups in total. The minimum atomic E-state index is -5.87. The zero-order valence-electron chi connectivity index (χ0n) is 7.26. The van der Waals surface area contributed by atoms with Crippen molar-refractivity contribution in [3.8, 4) is 0 Å². The van der Waals surface area contributed by atoms with E-state index in [0.29, 0.717) is 0 Å². The fraction of sp³-hybridized carbons (Fsp3) is 0.600. The number of ether oxygens (including phenoxy) is 2. The summed E-state index contributed by atoms with van der Waals surface area (Å²) in [5.41, 5.74) is 0. The van der Waals surface area contributed by atoms with Gasteiger partial charge in [-0.1, -0.05) is 0 Å². The Hall–Kier alpha value is -1.21. The molecular weight excluding hydrogens is 237 g/mol. The first-order valence-electron chi connectivity index (χ1n) is 3.71. The maximum absolute atomic E-state index is 12.1. The van der Waals surface area contributed by atoms with E-state index in [1.54, 1.807) is 0 Å². The largest absolute Gasteiger partial charge is 0.530 e. The van der Waals surface area contributed by atoms with Gasteiger partial charge in [-0.2, -0.15) is 0 Å². The van der Waals surface area contributed by atoms with E-state index < -0.39 is 30.9 Å². The van der Waals surface area contributed by atoms with Gasteiger partial charge in [0.1, 0.15) is 12.7 Å². The second-order valence-electron chi connectivity index (χ2n) is 2.67. The van der Waals surface area contributed by atoms with Crippen molar-refractivity contribution >= 4 is 20.0 Å². The number of cyclic esters (lactones) is 1. The lowest BCUT2D eigenvalue weighted by molar-refractivity contribution is -0.137. The van der Waals surface area contributed by atoms with E-state index >= 15 is 0 Å². The van der Waals surface area contributed by atoms with Gasteiger partial charge in [-0.15, -0.1) is 13.2 Å². The maximum Gasteiger partial charge on any atom is 0.530 e. The number of halogens is 2. The molecule has 0 saturated carbocycles.